The van der Waals surface area contributed by atoms with Crippen LogP contribution in [-0.4, -0.2) is 75.7 Å². The minimum Gasteiger partial charge on any atom is -0.373 e. The lowest BCUT2D eigenvalue weighted by molar-refractivity contribution is -0.870. The minimum absolute atomic E-state index is 0.0227. The Morgan fingerprint density at radius 3 is 1.72 bits per heavy atom. The maximum absolute atomic E-state index is 11.8. The number of ether oxygens (including phenoxy) is 2. The van der Waals surface area contributed by atoms with E-state index in [4.69, 9.17) is 18.9 Å². The summed E-state index contributed by atoms with van der Waals surface area (Å²) in [6.45, 7) is 3.89. The summed E-state index contributed by atoms with van der Waals surface area (Å²) in [6, 6.07) is 0. The molecule has 0 aliphatic carbocycles. The van der Waals surface area contributed by atoms with Crippen LogP contribution in [0.4, 0.5) is 0 Å². The average molecular weight is 539 g/mol. The van der Waals surface area contributed by atoms with E-state index in [1.165, 1.54) is 89.9 Å². The van der Waals surface area contributed by atoms with Crippen molar-refractivity contribution in [2.24, 2.45) is 0 Å². The highest BCUT2D eigenvalue weighted by molar-refractivity contribution is 7.47. The van der Waals surface area contributed by atoms with Crippen molar-refractivity contribution < 1.29 is 37.5 Å². The van der Waals surface area contributed by atoms with Crippen LogP contribution in [0.3, 0.4) is 0 Å². The monoisotopic (exact) mass is 538 g/mol. The summed E-state index contributed by atoms with van der Waals surface area (Å²) < 4.78 is 33.6. The molecule has 1 rings (SSSR count). The van der Waals surface area contributed by atoms with Crippen LogP contribution in [0, 0.1) is 0 Å². The fraction of sp³-hybridized carbons (Fsp3) is 1.00. The molecule has 1 saturated heterocycles. The van der Waals surface area contributed by atoms with Gasteiger partial charge in [-0.05, 0) is 6.42 Å². The van der Waals surface area contributed by atoms with Crippen LogP contribution in [-0.2, 0) is 28.1 Å². The van der Waals surface area contributed by atoms with E-state index >= 15 is 0 Å². The van der Waals surface area contributed by atoms with Gasteiger partial charge in [0.15, 0.2) is 0 Å². The van der Waals surface area contributed by atoms with Gasteiger partial charge in [0.2, 0.25) is 0 Å². The maximum Gasteiger partial charge on any atom is 0.499 e. The summed E-state index contributed by atoms with van der Waals surface area (Å²) in [6.07, 6.45) is 21.3. The fourth-order valence-electron chi connectivity index (χ4n) is 4.21. The highest BCUT2D eigenvalue weighted by Gasteiger charge is 2.27. The number of quaternary nitrogens is 1. The van der Waals surface area contributed by atoms with Gasteiger partial charge in [0, 0.05) is 0 Å². The van der Waals surface area contributed by atoms with E-state index in [1.807, 2.05) is 21.1 Å². The molecule has 1 fully saturated rings. The molecule has 0 saturated carbocycles. The molecule has 1 aliphatic heterocycles. The van der Waals surface area contributed by atoms with E-state index in [0.717, 1.165) is 12.8 Å². The lowest BCUT2D eigenvalue weighted by Crippen LogP contribution is -2.38. The van der Waals surface area contributed by atoms with Gasteiger partial charge in [-0.1, -0.05) is 103 Å². The number of hydrogen-bond donors (Lipinski definition) is 1. The Bertz CT molecular complexity index is 551. The third-order valence-corrected chi connectivity index (χ3v) is 7.39. The van der Waals surface area contributed by atoms with E-state index in [-0.39, 0.29) is 25.4 Å². The summed E-state index contributed by atoms with van der Waals surface area (Å²) in [5, 5.41) is 0. The maximum atomic E-state index is 11.8. The predicted octanol–water partition coefficient (Wildman–Crippen LogP) is 6.80. The van der Waals surface area contributed by atoms with Crippen LogP contribution in [0.1, 0.15) is 110 Å². The second-order valence-electron chi connectivity index (χ2n) is 11.3. The van der Waals surface area contributed by atoms with Gasteiger partial charge in [-0.25, -0.2) is 9.45 Å². The van der Waals surface area contributed by atoms with Crippen LogP contribution < -0.4 is 0 Å². The van der Waals surface area contributed by atoms with Crippen molar-refractivity contribution in [1.29, 1.82) is 0 Å². The van der Waals surface area contributed by atoms with E-state index in [9.17, 15) is 9.46 Å². The number of hydrogen-bond acceptors (Lipinski definition) is 6. The first-order valence-electron chi connectivity index (χ1n) is 14.5. The van der Waals surface area contributed by atoms with Gasteiger partial charge in [0.05, 0.1) is 40.5 Å². The number of phosphoric ester groups is 1. The quantitative estimate of drug-likeness (QED) is 0.0475. The molecule has 9 heteroatoms. The van der Waals surface area contributed by atoms with Gasteiger partial charge in [-0.2, -0.15) is 0 Å². The minimum atomic E-state index is -4.23. The normalized spacial score (nSPS) is 20.5. The van der Waals surface area contributed by atoms with E-state index in [1.54, 1.807) is 0 Å². The zero-order valence-electron chi connectivity index (χ0n) is 23.8. The molecule has 216 valence electrons. The Morgan fingerprint density at radius 2 is 1.25 bits per heavy atom. The number of phosphoric acid groups is 1. The molecule has 0 aromatic heterocycles. The van der Waals surface area contributed by atoms with Crippen LogP contribution in [0.5, 0.6) is 0 Å². The molecule has 0 spiro atoms. The summed E-state index contributed by atoms with van der Waals surface area (Å²) in [4.78, 5) is 14.6. The van der Waals surface area contributed by atoms with Crippen molar-refractivity contribution in [3.8, 4) is 0 Å². The van der Waals surface area contributed by atoms with E-state index in [2.05, 4.69) is 11.6 Å². The lowest BCUT2D eigenvalue weighted by Gasteiger charge is -2.29. The molecule has 1 unspecified atom stereocenters. The molecule has 0 aromatic carbocycles. The number of likely N-dealkylation sites (N-methyl/N-ethyl adjacent to an activating group) is 1. The second kappa shape index (κ2) is 20.9. The summed E-state index contributed by atoms with van der Waals surface area (Å²) in [5.41, 5.74) is 0. The first-order valence-corrected chi connectivity index (χ1v) is 16.0. The van der Waals surface area contributed by atoms with Crippen LogP contribution in [0.2, 0.25) is 0 Å². The highest BCUT2D eigenvalue weighted by atomic mass is 31.2. The predicted molar refractivity (Wildman–Crippen MR) is 145 cm³/mol. The van der Waals surface area contributed by atoms with Crippen molar-refractivity contribution in [2.45, 2.75) is 122 Å². The van der Waals surface area contributed by atoms with Gasteiger partial charge in [0.25, 0.3) is 0 Å². The summed E-state index contributed by atoms with van der Waals surface area (Å²) in [7, 11) is 1.68. The van der Waals surface area contributed by atoms with E-state index < -0.39 is 7.82 Å². The Labute approximate surface area is 221 Å². The third kappa shape index (κ3) is 20.9. The van der Waals surface area contributed by atoms with Crippen molar-refractivity contribution in [2.75, 3.05) is 54.1 Å². The van der Waals surface area contributed by atoms with Crippen LogP contribution >= 0.6 is 7.82 Å². The van der Waals surface area contributed by atoms with Gasteiger partial charge >= 0.3 is 7.82 Å². The number of unbranched alkanes of at least 4 members (excludes halogenated alkanes) is 14. The molecule has 1 N–H and O–H groups in total. The molecule has 0 radical (unpaired) electrons. The van der Waals surface area contributed by atoms with Crippen LogP contribution in [0.25, 0.3) is 0 Å². The highest BCUT2D eigenvalue weighted by Crippen LogP contribution is 2.43. The molecular weight excluding hydrogens is 481 g/mol. The Balaban J connectivity index is 1.88. The van der Waals surface area contributed by atoms with Crippen molar-refractivity contribution in [3.05, 3.63) is 0 Å². The molecule has 0 bridgehead atoms. The van der Waals surface area contributed by atoms with Crippen molar-refractivity contribution >= 4 is 7.82 Å². The third-order valence-electron chi connectivity index (χ3n) is 6.58. The fourth-order valence-corrected chi connectivity index (χ4v) is 4.76. The van der Waals surface area contributed by atoms with Crippen molar-refractivity contribution in [3.63, 3.8) is 0 Å². The first kappa shape index (κ1) is 34.0. The second-order valence-corrected chi connectivity index (χ2v) is 12.7. The largest absolute Gasteiger partial charge is 0.499 e. The summed E-state index contributed by atoms with van der Waals surface area (Å²) >= 11 is 0. The van der Waals surface area contributed by atoms with Gasteiger partial charge < -0.3 is 18.9 Å². The molecule has 0 amide bonds. The Kier molecular flexibility index (Phi) is 19.7. The topological polar surface area (TPSA) is 83.5 Å². The molecule has 8 nitrogen and oxygen atoms in total. The van der Waals surface area contributed by atoms with Gasteiger partial charge in [0.1, 0.15) is 25.9 Å². The summed E-state index contributed by atoms with van der Waals surface area (Å²) in [5.74, 6) is 0. The van der Waals surface area contributed by atoms with Crippen LogP contribution in [0.15, 0.2) is 0 Å². The standard InChI is InChI=1S/C27H56NO7P/c1-5-6-7-8-9-10-11-12-13-14-15-16-17-18-19-20-26-23-32-27(24-31-26)25-33-35-36(29,30)34-22-21-28(2,3)4/h26-27H,5-25H2,1-4H3/p+1/t26-,27+/m1/s1. The van der Waals surface area contributed by atoms with Gasteiger partial charge in [-0.3, -0.25) is 4.52 Å². The SMILES string of the molecule is CCCCCCCCCCCCCCCCC[C@@H]1CO[C@H](COOP(=O)(O)OCC[N+](C)(C)C)CO1. The molecular formula is C27H57NO7P+. The average Bonchev–Trinajstić information content (AvgIpc) is 2.81. The zero-order chi connectivity index (χ0) is 26.5. The molecule has 3 atom stereocenters. The molecule has 0 aromatic rings. The van der Waals surface area contributed by atoms with Crippen molar-refractivity contribution in [1.82, 2.24) is 0 Å². The first-order chi connectivity index (χ1) is 17.2. The number of rotatable bonds is 24. The van der Waals surface area contributed by atoms with E-state index in [0.29, 0.717) is 24.2 Å². The smallest absolute Gasteiger partial charge is 0.373 e. The number of nitrogens with zero attached hydrogens (tertiary/aromatic N) is 1. The Hall–Kier alpha value is -0.0500. The Morgan fingerprint density at radius 1 is 0.778 bits per heavy atom. The zero-order valence-corrected chi connectivity index (χ0v) is 24.7. The molecule has 1 heterocycles. The molecule has 36 heavy (non-hydrogen) atoms. The molecule has 1 aliphatic rings. The lowest BCUT2D eigenvalue weighted by atomic mass is 10.0. The van der Waals surface area contributed by atoms with Gasteiger partial charge in [-0.15, -0.1) is 4.67 Å².